The first-order valence-electron chi connectivity index (χ1n) is 11.4. The lowest BCUT2D eigenvalue weighted by Crippen LogP contribution is -2.26. The number of methoxy groups -OCH3 is 1. The molecule has 0 saturated carbocycles. The minimum atomic E-state index is -0.935. The van der Waals surface area contributed by atoms with Crippen LogP contribution in [0.4, 0.5) is 0 Å². The quantitative estimate of drug-likeness (QED) is 0.192. The summed E-state index contributed by atoms with van der Waals surface area (Å²) in [6.07, 6.45) is -0.254. The van der Waals surface area contributed by atoms with Crippen LogP contribution >= 0.6 is 0 Å². The Bertz CT molecular complexity index is 1850. The maximum atomic E-state index is 13.2. The molecule has 3 N–H and O–H groups in total. The van der Waals surface area contributed by atoms with Gasteiger partial charge in [0.2, 0.25) is 5.75 Å². The first-order valence-corrected chi connectivity index (χ1v) is 11.4. The second-order valence-corrected chi connectivity index (χ2v) is 8.72. The Morgan fingerprint density at radius 1 is 0.973 bits per heavy atom. The zero-order valence-electron chi connectivity index (χ0n) is 19.4. The van der Waals surface area contributed by atoms with Gasteiger partial charge in [-0.1, -0.05) is 30.3 Å². The van der Waals surface area contributed by atoms with Crippen molar-refractivity contribution >= 4 is 27.8 Å². The van der Waals surface area contributed by atoms with E-state index in [1.807, 2.05) is 6.07 Å². The van der Waals surface area contributed by atoms with Crippen molar-refractivity contribution in [2.75, 3.05) is 7.11 Å². The van der Waals surface area contributed by atoms with E-state index < -0.39 is 34.4 Å². The highest BCUT2D eigenvalue weighted by Gasteiger charge is 2.38. The van der Waals surface area contributed by atoms with Gasteiger partial charge in [-0.05, 0) is 23.6 Å². The molecule has 0 fully saturated rings. The summed E-state index contributed by atoms with van der Waals surface area (Å²) in [7, 11) is 1.52. The summed E-state index contributed by atoms with van der Waals surface area (Å²) in [5, 5.41) is 21.8. The molecule has 0 radical (unpaired) electrons. The van der Waals surface area contributed by atoms with E-state index >= 15 is 0 Å². The third-order valence-electron chi connectivity index (χ3n) is 6.56. The van der Waals surface area contributed by atoms with E-state index in [4.69, 9.17) is 13.9 Å². The van der Waals surface area contributed by atoms with Gasteiger partial charge in [-0.2, -0.15) is 0 Å². The number of esters is 1. The number of fused-ring (bicyclic) bond motifs is 4. The fourth-order valence-corrected chi connectivity index (χ4v) is 4.80. The van der Waals surface area contributed by atoms with Crippen LogP contribution in [0.15, 0.2) is 74.7 Å². The number of ether oxygens (including phenoxy) is 2. The number of rotatable bonds is 3. The van der Waals surface area contributed by atoms with Crippen molar-refractivity contribution in [2.45, 2.75) is 12.3 Å². The molecule has 1 aliphatic rings. The van der Waals surface area contributed by atoms with Crippen LogP contribution in [0.2, 0.25) is 0 Å². The van der Waals surface area contributed by atoms with Gasteiger partial charge in [0.25, 0.3) is 5.56 Å². The summed E-state index contributed by atoms with van der Waals surface area (Å²) in [5.74, 6) is -2.78. The van der Waals surface area contributed by atoms with E-state index in [0.717, 1.165) is 0 Å². The number of carbonyl (C=O) groups excluding carboxylic acids is 1. The number of nitrogens with one attached hydrogen (secondary N) is 1. The van der Waals surface area contributed by atoms with Crippen molar-refractivity contribution < 1.29 is 28.9 Å². The van der Waals surface area contributed by atoms with Crippen molar-refractivity contribution in [1.29, 1.82) is 0 Å². The Balaban J connectivity index is 1.67. The number of phenols is 2. The number of aromatic nitrogens is 1. The predicted octanol–water partition coefficient (Wildman–Crippen LogP) is 4.16. The average molecular weight is 497 g/mol. The van der Waals surface area contributed by atoms with Crippen LogP contribution in [-0.4, -0.2) is 28.3 Å². The third kappa shape index (κ3) is 3.51. The molecule has 2 aromatic heterocycles. The molecule has 3 aromatic carbocycles. The van der Waals surface area contributed by atoms with E-state index in [-0.39, 0.29) is 40.0 Å². The molecule has 1 atom stereocenters. The maximum absolute atomic E-state index is 13.2. The van der Waals surface area contributed by atoms with Crippen molar-refractivity contribution in [3.05, 3.63) is 92.4 Å². The zero-order chi connectivity index (χ0) is 25.8. The number of H-pyrrole nitrogens is 1. The van der Waals surface area contributed by atoms with Crippen LogP contribution in [0.5, 0.6) is 23.0 Å². The molecule has 9 heteroatoms. The van der Waals surface area contributed by atoms with E-state index in [2.05, 4.69) is 4.98 Å². The van der Waals surface area contributed by atoms with Gasteiger partial charge in [-0.3, -0.25) is 14.4 Å². The lowest BCUT2D eigenvalue weighted by atomic mass is 9.84. The Hall–Kier alpha value is -5.05. The lowest BCUT2D eigenvalue weighted by Gasteiger charge is -2.26. The number of pyridine rings is 1. The normalized spacial score (nSPS) is 14.9. The summed E-state index contributed by atoms with van der Waals surface area (Å²) in [6, 6.07) is 16.9. The summed E-state index contributed by atoms with van der Waals surface area (Å²) >= 11 is 0. The van der Waals surface area contributed by atoms with Gasteiger partial charge in [0.05, 0.1) is 24.6 Å². The van der Waals surface area contributed by atoms with Crippen molar-refractivity contribution in [3.63, 3.8) is 0 Å². The maximum Gasteiger partial charge on any atom is 0.312 e. The Labute approximate surface area is 208 Å². The molecule has 184 valence electrons. The van der Waals surface area contributed by atoms with E-state index in [1.165, 1.54) is 13.2 Å². The highest BCUT2D eigenvalue weighted by Crippen LogP contribution is 2.51. The minimum Gasteiger partial charge on any atom is -0.504 e. The first kappa shape index (κ1) is 22.4. The van der Waals surface area contributed by atoms with E-state index in [9.17, 15) is 24.6 Å². The van der Waals surface area contributed by atoms with Gasteiger partial charge in [0.15, 0.2) is 16.9 Å². The van der Waals surface area contributed by atoms with Crippen LogP contribution in [0.25, 0.3) is 33.2 Å². The molecule has 0 bridgehead atoms. The average Bonchev–Trinajstić information content (AvgIpc) is 2.90. The molecule has 0 saturated heterocycles. The number of aromatic hydroxyl groups is 2. The molecule has 0 unspecified atom stereocenters. The Morgan fingerprint density at radius 3 is 2.51 bits per heavy atom. The van der Waals surface area contributed by atoms with Gasteiger partial charge in [-0.15, -0.1) is 0 Å². The van der Waals surface area contributed by atoms with Gasteiger partial charge in [0.1, 0.15) is 22.5 Å². The SMILES string of the molecule is COc1ccc2cc([C@@H]3CC(=O)Oc4c(O)c(O)c5c(=O)cc(-c6ccccc6)oc5c43)c(=O)[nH]c2c1. The molecule has 6 rings (SSSR count). The summed E-state index contributed by atoms with van der Waals surface area (Å²) in [5.41, 5.74) is 0.295. The number of benzene rings is 3. The monoisotopic (exact) mass is 497 g/mol. The molecule has 3 heterocycles. The molecule has 0 aliphatic carbocycles. The van der Waals surface area contributed by atoms with E-state index in [1.54, 1.807) is 48.5 Å². The first-order chi connectivity index (χ1) is 17.9. The zero-order valence-corrected chi connectivity index (χ0v) is 19.4. The molecule has 0 spiro atoms. The second-order valence-electron chi connectivity index (χ2n) is 8.72. The van der Waals surface area contributed by atoms with Gasteiger partial charge >= 0.3 is 5.97 Å². The van der Waals surface area contributed by atoms with Crippen LogP contribution in [-0.2, 0) is 4.79 Å². The predicted molar refractivity (Wildman–Crippen MR) is 134 cm³/mol. The number of carbonyl (C=O) groups is 1. The van der Waals surface area contributed by atoms with Crippen LogP contribution in [0.1, 0.15) is 23.5 Å². The van der Waals surface area contributed by atoms with Crippen LogP contribution < -0.4 is 20.5 Å². The second kappa shape index (κ2) is 8.27. The van der Waals surface area contributed by atoms with Crippen molar-refractivity contribution in [2.24, 2.45) is 0 Å². The number of aromatic amines is 1. The highest BCUT2D eigenvalue weighted by atomic mass is 16.5. The van der Waals surface area contributed by atoms with Crippen LogP contribution in [0, 0.1) is 0 Å². The summed E-state index contributed by atoms with van der Waals surface area (Å²) < 4.78 is 16.6. The smallest absolute Gasteiger partial charge is 0.312 e. The number of phenolic OH excluding ortho intramolecular Hbond substituents is 2. The molecule has 9 nitrogen and oxygen atoms in total. The fourth-order valence-electron chi connectivity index (χ4n) is 4.80. The number of hydrogen-bond donors (Lipinski definition) is 3. The fraction of sp³-hybridized carbons (Fsp3) is 0.107. The van der Waals surface area contributed by atoms with Crippen LogP contribution in [0.3, 0.4) is 0 Å². The molecule has 37 heavy (non-hydrogen) atoms. The van der Waals surface area contributed by atoms with Crippen molar-refractivity contribution in [1.82, 2.24) is 4.98 Å². The van der Waals surface area contributed by atoms with Gasteiger partial charge < -0.3 is 29.1 Å². The minimum absolute atomic E-state index is 0.0802. The summed E-state index contributed by atoms with van der Waals surface area (Å²) in [6.45, 7) is 0. The lowest BCUT2D eigenvalue weighted by molar-refractivity contribution is -0.135. The van der Waals surface area contributed by atoms with Gasteiger partial charge in [0, 0.05) is 29.2 Å². The van der Waals surface area contributed by atoms with Crippen molar-refractivity contribution in [3.8, 4) is 34.3 Å². The third-order valence-corrected chi connectivity index (χ3v) is 6.56. The molecular weight excluding hydrogens is 478 g/mol. The standard InChI is InChI=1S/C28H19NO8/c1-35-15-8-7-14-9-17(28(34)29-18(14)10-15)16-11-21(31)37-27-22(16)26-23(24(32)25(27)33)19(30)12-20(36-26)13-5-3-2-4-6-13/h2-10,12,16,32-33H,11H2,1H3,(H,29,34)/t16-/m0/s1. The largest absolute Gasteiger partial charge is 0.504 e. The molecule has 5 aromatic rings. The highest BCUT2D eigenvalue weighted by molar-refractivity contribution is 5.96. The Kier molecular flexibility index (Phi) is 5.01. The molecular formula is C28H19NO8. The van der Waals surface area contributed by atoms with E-state index in [0.29, 0.717) is 22.2 Å². The topological polar surface area (TPSA) is 139 Å². The number of hydrogen-bond acceptors (Lipinski definition) is 8. The molecule has 1 aliphatic heterocycles. The van der Waals surface area contributed by atoms with Gasteiger partial charge in [-0.25, -0.2) is 0 Å². The Morgan fingerprint density at radius 2 is 1.76 bits per heavy atom. The summed E-state index contributed by atoms with van der Waals surface area (Å²) in [4.78, 5) is 41.8. The molecule has 0 amide bonds.